The van der Waals surface area contributed by atoms with Crippen molar-refractivity contribution in [2.45, 2.75) is 19.4 Å². The van der Waals surface area contributed by atoms with Gasteiger partial charge in [-0.3, -0.25) is 4.79 Å². The molecule has 0 aliphatic carbocycles. The van der Waals surface area contributed by atoms with Gasteiger partial charge in [0.25, 0.3) is 0 Å². The molecule has 0 fully saturated rings. The van der Waals surface area contributed by atoms with Gasteiger partial charge in [0.2, 0.25) is 5.91 Å². The van der Waals surface area contributed by atoms with Crippen LogP contribution in [0.3, 0.4) is 0 Å². The molecule has 1 aromatic rings. The minimum Gasteiger partial charge on any atom is -0.486 e. The van der Waals surface area contributed by atoms with Crippen LogP contribution in [0.2, 0.25) is 0 Å². The lowest BCUT2D eigenvalue weighted by atomic mass is 10.1. The number of hydrogen-bond acceptors (Lipinski definition) is 4. The molecule has 1 aliphatic rings. The number of likely N-dealkylation sites (N-methyl/N-ethyl adjacent to an activating group) is 1. The van der Waals surface area contributed by atoms with E-state index in [0.717, 1.165) is 5.56 Å². The molecule has 1 aromatic carbocycles. The van der Waals surface area contributed by atoms with E-state index in [0.29, 0.717) is 24.7 Å². The monoisotopic (exact) mass is 279 g/mol. The summed E-state index contributed by atoms with van der Waals surface area (Å²) in [5, 5.41) is 8.90. The van der Waals surface area contributed by atoms with Gasteiger partial charge in [-0.1, -0.05) is 6.07 Å². The van der Waals surface area contributed by atoms with Gasteiger partial charge in [-0.15, -0.1) is 0 Å². The lowest BCUT2D eigenvalue weighted by Gasteiger charge is -2.22. The first kappa shape index (κ1) is 14.2. The summed E-state index contributed by atoms with van der Waals surface area (Å²) < 4.78 is 10.9. The van der Waals surface area contributed by atoms with Gasteiger partial charge in [0.1, 0.15) is 19.3 Å². The Balaban J connectivity index is 2.06. The van der Waals surface area contributed by atoms with Gasteiger partial charge in [0, 0.05) is 7.05 Å². The molecule has 108 valence electrons. The number of benzene rings is 1. The molecule has 1 unspecified atom stereocenters. The Morgan fingerprint density at radius 1 is 1.30 bits per heavy atom. The summed E-state index contributed by atoms with van der Waals surface area (Å²) in [4.78, 5) is 24.1. The predicted octanol–water partition coefficient (Wildman–Crippen LogP) is 0.932. The number of ether oxygens (including phenoxy) is 2. The summed E-state index contributed by atoms with van der Waals surface area (Å²) in [6.07, 6.45) is 0.130. The lowest BCUT2D eigenvalue weighted by Crippen LogP contribution is -2.41. The third kappa shape index (κ3) is 3.01. The number of aliphatic carboxylic acids is 1. The van der Waals surface area contributed by atoms with E-state index >= 15 is 0 Å². The van der Waals surface area contributed by atoms with Crippen molar-refractivity contribution in [3.8, 4) is 11.5 Å². The topological polar surface area (TPSA) is 76.1 Å². The molecule has 2 rings (SSSR count). The quantitative estimate of drug-likeness (QED) is 0.887. The molecule has 1 atom stereocenters. The Morgan fingerprint density at radius 3 is 2.60 bits per heavy atom. The van der Waals surface area contributed by atoms with Crippen molar-refractivity contribution in [1.29, 1.82) is 0 Å². The van der Waals surface area contributed by atoms with Crippen molar-refractivity contribution < 1.29 is 24.2 Å². The summed E-state index contributed by atoms with van der Waals surface area (Å²) in [5.41, 5.74) is 0.767. The molecule has 6 heteroatoms. The summed E-state index contributed by atoms with van der Waals surface area (Å²) >= 11 is 0. The van der Waals surface area contributed by atoms with Crippen LogP contribution in [-0.2, 0) is 16.0 Å². The van der Waals surface area contributed by atoms with Crippen molar-refractivity contribution in [2.75, 3.05) is 20.3 Å². The number of rotatable bonds is 4. The largest absolute Gasteiger partial charge is 0.486 e. The molecule has 0 spiro atoms. The maximum absolute atomic E-state index is 12.0. The standard InChI is InChI=1S/C14H17NO5/c1-9(14(17)18)15(2)13(16)8-10-3-4-11-12(7-10)20-6-5-19-11/h3-4,7,9H,5-6,8H2,1-2H3,(H,17,18). The van der Waals surface area contributed by atoms with Gasteiger partial charge < -0.3 is 19.5 Å². The SMILES string of the molecule is CC(C(=O)O)N(C)C(=O)Cc1ccc2c(c1)OCCO2. The highest BCUT2D eigenvalue weighted by Crippen LogP contribution is 2.30. The summed E-state index contributed by atoms with van der Waals surface area (Å²) in [6.45, 7) is 2.48. The van der Waals surface area contributed by atoms with E-state index in [4.69, 9.17) is 14.6 Å². The van der Waals surface area contributed by atoms with Crippen LogP contribution in [0, 0.1) is 0 Å². The highest BCUT2D eigenvalue weighted by Gasteiger charge is 2.22. The first-order chi connectivity index (χ1) is 9.49. The van der Waals surface area contributed by atoms with E-state index in [1.54, 1.807) is 18.2 Å². The maximum Gasteiger partial charge on any atom is 0.326 e. The van der Waals surface area contributed by atoms with E-state index < -0.39 is 12.0 Å². The number of nitrogens with zero attached hydrogens (tertiary/aromatic N) is 1. The first-order valence-electron chi connectivity index (χ1n) is 6.36. The first-order valence-corrected chi connectivity index (χ1v) is 6.36. The average Bonchev–Trinajstić information content (AvgIpc) is 2.45. The smallest absolute Gasteiger partial charge is 0.326 e. The number of carbonyl (C=O) groups is 2. The zero-order valence-electron chi connectivity index (χ0n) is 11.5. The zero-order chi connectivity index (χ0) is 14.7. The molecule has 6 nitrogen and oxygen atoms in total. The molecule has 1 amide bonds. The highest BCUT2D eigenvalue weighted by molar-refractivity contribution is 5.84. The van der Waals surface area contributed by atoms with Gasteiger partial charge in [0.15, 0.2) is 11.5 Å². The molecule has 0 aromatic heterocycles. The summed E-state index contributed by atoms with van der Waals surface area (Å²) in [6, 6.07) is 4.45. The molecular formula is C14H17NO5. The average molecular weight is 279 g/mol. The molecule has 0 saturated heterocycles. The Labute approximate surface area is 116 Å². The van der Waals surface area contributed by atoms with Crippen molar-refractivity contribution >= 4 is 11.9 Å². The minimum absolute atomic E-state index is 0.130. The highest BCUT2D eigenvalue weighted by atomic mass is 16.6. The number of carboxylic acids is 1. The van der Waals surface area contributed by atoms with Crippen LogP contribution >= 0.6 is 0 Å². The Morgan fingerprint density at radius 2 is 1.95 bits per heavy atom. The van der Waals surface area contributed by atoms with Gasteiger partial charge in [-0.05, 0) is 24.6 Å². The van der Waals surface area contributed by atoms with Crippen molar-refractivity contribution in [3.05, 3.63) is 23.8 Å². The van der Waals surface area contributed by atoms with Crippen LogP contribution in [0.1, 0.15) is 12.5 Å². The van der Waals surface area contributed by atoms with Gasteiger partial charge in [-0.2, -0.15) is 0 Å². The Kier molecular flexibility index (Phi) is 4.12. The number of hydrogen-bond donors (Lipinski definition) is 1. The fraction of sp³-hybridized carbons (Fsp3) is 0.429. The van der Waals surface area contributed by atoms with Crippen LogP contribution in [0.4, 0.5) is 0 Å². The molecule has 1 heterocycles. The Bertz CT molecular complexity index is 528. The number of carbonyl (C=O) groups excluding carboxylic acids is 1. The number of fused-ring (bicyclic) bond motifs is 1. The van der Waals surface area contributed by atoms with E-state index in [1.807, 2.05) is 0 Å². The predicted molar refractivity (Wildman–Crippen MR) is 71.0 cm³/mol. The van der Waals surface area contributed by atoms with Crippen molar-refractivity contribution in [3.63, 3.8) is 0 Å². The fourth-order valence-electron chi connectivity index (χ4n) is 1.88. The molecule has 0 radical (unpaired) electrons. The van der Waals surface area contributed by atoms with Crippen LogP contribution in [0.25, 0.3) is 0 Å². The molecular weight excluding hydrogens is 262 g/mol. The summed E-state index contributed by atoms with van der Waals surface area (Å²) in [5.74, 6) is 0.00907. The normalized spacial score (nSPS) is 14.5. The van der Waals surface area contributed by atoms with E-state index in [2.05, 4.69) is 0 Å². The molecule has 1 aliphatic heterocycles. The third-order valence-electron chi connectivity index (χ3n) is 3.29. The maximum atomic E-state index is 12.0. The Hall–Kier alpha value is -2.24. The van der Waals surface area contributed by atoms with E-state index in [1.165, 1.54) is 18.9 Å². The molecule has 0 bridgehead atoms. The second-order valence-electron chi connectivity index (χ2n) is 4.67. The van der Waals surface area contributed by atoms with Gasteiger partial charge in [0.05, 0.1) is 6.42 Å². The fourth-order valence-corrected chi connectivity index (χ4v) is 1.88. The van der Waals surface area contributed by atoms with Crippen molar-refractivity contribution in [1.82, 2.24) is 4.90 Å². The van der Waals surface area contributed by atoms with Crippen LogP contribution in [0.5, 0.6) is 11.5 Å². The van der Waals surface area contributed by atoms with Gasteiger partial charge in [-0.25, -0.2) is 4.79 Å². The zero-order valence-corrected chi connectivity index (χ0v) is 11.5. The molecule has 1 N–H and O–H groups in total. The van der Waals surface area contributed by atoms with Crippen LogP contribution in [-0.4, -0.2) is 48.2 Å². The lowest BCUT2D eigenvalue weighted by molar-refractivity contribution is -0.148. The van der Waals surface area contributed by atoms with Crippen molar-refractivity contribution in [2.24, 2.45) is 0 Å². The van der Waals surface area contributed by atoms with Gasteiger partial charge >= 0.3 is 5.97 Å². The third-order valence-corrected chi connectivity index (χ3v) is 3.29. The number of carboxylic acid groups (broad SMARTS) is 1. The van der Waals surface area contributed by atoms with E-state index in [-0.39, 0.29) is 12.3 Å². The molecule has 0 saturated carbocycles. The number of amides is 1. The second-order valence-corrected chi connectivity index (χ2v) is 4.67. The van der Waals surface area contributed by atoms with Crippen LogP contribution < -0.4 is 9.47 Å². The second kappa shape index (κ2) is 5.81. The minimum atomic E-state index is -1.02. The van der Waals surface area contributed by atoms with E-state index in [9.17, 15) is 9.59 Å². The molecule has 20 heavy (non-hydrogen) atoms. The van der Waals surface area contributed by atoms with Crippen LogP contribution in [0.15, 0.2) is 18.2 Å². The summed E-state index contributed by atoms with van der Waals surface area (Å²) in [7, 11) is 1.49.